The molecule has 0 atom stereocenters. The van der Waals surface area contributed by atoms with Crippen LogP contribution in [0.15, 0.2) is 65.1 Å². The van der Waals surface area contributed by atoms with Crippen molar-refractivity contribution in [1.29, 1.82) is 0 Å². The van der Waals surface area contributed by atoms with Crippen molar-refractivity contribution in [3.63, 3.8) is 0 Å². The summed E-state index contributed by atoms with van der Waals surface area (Å²) in [4.78, 5) is 14.8. The van der Waals surface area contributed by atoms with E-state index in [9.17, 15) is 9.18 Å². The molecule has 1 fully saturated rings. The molecular weight excluding hydrogens is 419 g/mol. The van der Waals surface area contributed by atoms with Crippen molar-refractivity contribution in [1.82, 2.24) is 10.2 Å². The van der Waals surface area contributed by atoms with E-state index in [0.29, 0.717) is 31.2 Å². The van der Waals surface area contributed by atoms with Crippen LogP contribution in [0.25, 0.3) is 0 Å². The van der Waals surface area contributed by atoms with Gasteiger partial charge in [0, 0.05) is 19.1 Å². The highest BCUT2D eigenvalue weighted by Gasteiger charge is 2.19. The average Bonchev–Trinajstić information content (AvgIpc) is 3.29. The van der Waals surface area contributed by atoms with Gasteiger partial charge in [-0.1, -0.05) is 43.5 Å². The molecule has 33 heavy (non-hydrogen) atoms. The summed E-state index contributed by atoms with van der Waals surface area (Å²) in [5.41, 5.74) is 1.99. The summed E-state index contributed by atoms with van der Waals surface area (Å²) in [6.07, 6.45) is 5.63. The minimum Gasteiger partial charge on any atom is -0.497 e. The second kappa shape index (κ2) is 11.1. The molecule has 2 aromatic carbocycles. The van der Waals surface area contributed by atoms with Gasteiger partial charge in [-0.25, -0.2) is 4.39 Å². The highest BCUT2D eigenvalue weighted by atomic mass is 19.1. The molecule has 3 aromatic rings. The topological polar surface area (TPSA) is 54.7 Å². The third-order valence-electron chi connectivity index (χ3n) is 6.07. The quantitative estimate of drug-likeness (QED) is 0.455. The van der Waals surface area contributed by atoms with Gasteiger partial charge in [-0.3, -0.25) is 9.69 Å². The molecule has 1 N–H and O–H groups in total. The maximum absolute atomic E-state index is 13.7. The van der Waals surface area contributed by atoms with Crippen molar-refractivity contribution in [2.24, 2.45) is 0 Å². The zero-order valence-corrected chi connectivity index (χ0v) is 19.1. The van der Waals surface area contributed by atoms with Crippen molar-refractivity contribution < 1.29 is 18.3 Å². The summed E-state index contributed by atoms with van der Waals surface area (Å²) in [5, 5.41) is 3.10. The molecule has 1 aromatic heterocycles. The number of amides is 1. The standard InChI is InChI=1S/C27H31FN2O3/c1-32-24-12-10-20(11-13-24)17-30(18-21-6-5-7-22(28)16-21)19-25-14-15-26(33-25)27(31)29-23-8-3-2-4-9-23/h5-7,10-16,23H,2-4,8-9,17-19H2,1H3,(H,29,31). The van der Waals surface area contributed by atoms with E-state index in [4.69, 9.17) is 9.15 Å². The van der Waals surface area contributed by atoms with Gasteiger partial charge in [0.25, 0.3) is 5.91 Å². The Bertz CT molecular complexity index is 1040. The number of furan rings is 1. The van der Waals surface area contributed by atoms with Crippen molar-refractivity contribution in [3.8, 4) is 5.75 Å². The van der Waals surface area contributed by atoms with Crippen molar-refractivity contribution in [3.05, 3.63) is 89.1 Å². The van der Waals surface area contributed by atoms with Crippen LogP contribution in [0.1, 0.15) is 59.5 Å². The third-order valence-corrected chi connectivity index (χ3v) is 6.07. The van der Waals surface area contributed by atoms with E-state index in [0.717, 1.165) is 42.6 Å². The Morgan fingerprint density at radius 1 is 1.00 bits per heavy atom. The Morgan fingerprint density at radius 3 is 2.48 bits per heavy atom. The van der Waals surface area contributed by atoms with Gasteiger partial charge in [0.15, 0.2) is 5.76 Å². The largest absolute Gasteiger partial charge is 0.497 e. The van der Waals surface area contributed by atoms with Gasteiger partial charge in [-0.2, -0.15) is 0 Å². The molecule has 0 radical (unpaired) electrons. The summed E-state index contributed by atoms with van der Waals surface area (Å²) >= 11 is 0. The van der Waals surface area contributed by atoms with Crippen LogP contribution in [-0.2, 0) is 19.6 Å². The number of ether oxygens (including phenoxy) is 1. The molecule has 1 heterocycles. The minimum atomic E-state index is -0.253. The number of carbonyl (C=O) groups is 1. The van der Waals surface area contributed by atoms with Crippen molar-refractivity contribution >= 4 is 5.91 Å². The molecule has 1 aliphatic rings. The summed E-state index contributed by atoms with van der Waals surface area (Å²) in [7, 11) is 1.64. The van der Waals surface area contributed by atoms with Crippen LogP contribution in [0.4, 0.5) is 4.39 Å². The van der Waals surface area contributed by atoms with Crippen LogP contribution in [0.5, 0.6) is 5.75 Å². The minimum absolute atomic E-state index is 0.153. The monoisotopic (exact) mass is 450 g/mol. The second-order valence-electron chi connectivity index (χ2n) is 8.70. The lowest BCUT2D eigenvalue weighted by atomic mass is 9.95. The molecule has 174 valence electrons. The molecular formula is C27H31FN2O3. The fraction of sp³-hybridized carbons (Fsp3) is 0.370. The smallest absolute Gasteiger partial charge is 0.287 e. The highest BCUT2D eigenvalue weighted by Crippen LogP contribution is 2.20. The van der Waals surface area contributed by atoms with Gasteiger partial charge in [-0.05, 0) is 60.4 Å². The van der Waals surface area contributed by atoms with E-state index >= 15 is 0 Å². The van der Waals surface area contributed by atoms with Gasteiger partial charge in [-0.15, -0.1) is 0 Å². The van der Waals surface area contributed by atoms with E-state index in [2.05, 4.69) is 10.2 Å². The summed E-state index contributed by atoms with van der Waals surface area (Å²) in [6.45, 7) is 1.69. The first kappa shape index (κ1) is 23.1. The van der Waals surface area contributed by atoms with Gasteiger partial charge in [0.2, 0.25) is 0 Å². The van der Waals surface area contributed by atoms with Crippen LogP contribution in [-0.4, -0.2) is 24.0 Å². The predicted molar refractivity (Wildman–Crippen MR) is 125 cm³/mol. The Morgan fingerprint density at radius 2 is 1.76 bits per heavy atom. The zero-order valence-electron chi connectivity index (χ0n) is 19.1. The van der Waals surface area contributed by atoms with Gasteiger partial charge in [0.05, 0.1) is 13.7 Å². The number of hydrogen-bond acceptors (Lipinski definition) is 4. The van der Waals surface area contributed by atoms with Gasteiger partial charge < -0.3 is 14.5 Å². The van der Waals surface area contributed by atoms with Crippen molar-refractivity contribution in [2.45, 2.75) is 57.8 Å². The molecule has 4 rings (SSSR count). The summed E-state index contributed by atoms with van der Waals surface area (Å²) in [5.74, 6) is 1.44. The van der Waals surface area contributed by atoms with Crippen LogP contribution in [0.2, 0.25) is 0 Å². The fourth-order valence-electron chi connectivity index (χ4n) is 4.36. The molecule has 1 saturated carbocycles. The Kier molecular flexibility index (Phi) is 7.79. The van der Waals surface area contributed by atoms with Crippen molar-refractivity contribution in [2.75, 3.05) is 7.11 Å². The second-order valence-corrected chi connectivity index (χ2v) is 8.70. The third kappa shape index (κ3) is 6.68. The number of nitrogens with zero attached hydrogens (tertiary/aromatic N) is 1. The zero-order chi connectivity index (χ0) is 23.0. The maximum atomic E-state index is 13.7. The van der Waals surface area contributed by atoms with Crippen LogP contribution < -0.4 is 10.1 Å². The molecule has 1 aliphatic carbocycles. The summed E-state index contributed by atoms with van der Waals surface area (Å²) < 4.78 is 24.9. The lowest BCUT2D eigenvalue weighted by molar-refractivity contribution is 0.0895. The molecule has 0 aliphatic heterocycles. The lowest BCUT2D eigenvalue weighted by Crippen LogP contribution is -2.35. The number of methoxy groups -OCH3 is 1. The van der Waals surface area contributed by atoms with Crippen LogP contribution >= 0.6 is 0 Å². The molecule has 5 nitrogen and oxygen atoms in total. The van der Waals surface area contributed by atoms with E-state index in [-0.39, 0.29) is 17.8 Å². The number of rotatable bonds is 9. The number of nitrogens with one attached hydrogen (secondary N) is 1. The maximum Gasteiger partial charge on any atom is 0.287 e. The van der Waals surface area contributed by atoms with Gasteiger partial charge >= 0.3 is 0 Å². The van der Waals surface area contributed by atoms with E-state index in [1.807, 2.05) is 36.4 Å². The molecule has 0 spiro atoms. The number of carbonyl (C=O) groups excluding carboxylic acids is 1. The first-order valence-corrected chi connectivity index (χ1v) is 11.6. The molecule has 6 heteroatoms. The van der Waals surface area contributed by atoms with Crippen LogP contribution in [0.3, 0.4) is 0 Å². The number of benzene rings is 2. The normalized spacial score (nSPS) is 14.4. The first-order chi connectivity index (χ1) is 16.1. The van der Waals surface area contributed by atoms with E-state index < -0.39 is 0 Å². The van der Waals surface area contributed by atoms with E-state index in [1.54, 1.807) is 25.3 Å². The number of hydrogen-bond donors (Lipinski definition) is 1. The summed E-state index contributed by atoms with van der Waals surface area (Å²) in [6, 6.07) is 18.3. The lowest BCUT2D eigenvalue weighted by Gasteiger charge is -2.22. The molecule has 0 bridgehead atoms. The average molecular weight is 451 g/mol. The highest BCUT2D eigenvalue weighted by molar-refractivity contribution is 5.91. The molecule has 1 amide bonds. The SMILES string of the molecule is COc1ccc(CN(Cc2cccc(F)c2)Cc2ccc(C(=O)NC3CCCCC3)o2)cc1. The molecule has 0 unspecified atom stereocenters. The predicted octanol–water partition coefficient (Wildman–Crippen LogP) is 5.69. The first-order valence-electron chi connectivity index (χ1n) is 11.6. The fourth-order valence-corrected chi connectivity index (χ4v) is 4.36. The van der Waals surface area contributed by atoms with Gasteiger partial charge in [0.1, 0.15) is 17.3 Å². The Labute approximate surface area is 194 Å². The number of halogens is 1. The Balaban J connectivity index is 1.45. The Hall–Kier alpha value is -3.12. The van der Waals surface area contributed by atoms with E-state index in [1.165, 1.54) is 12.5 Å². The molecule has 0 saturated heterocycles. The van der Waals surface area contributed by atoms with Crippen LogP contribution in [0, 0.1) is 5.82 Å².